The van der Waals surface area contributed by atoms with Crippen LogP contribution < -0.4 is 9.64 Å². The fourth-order valence-corrected chi connectivity index (χ4v) is 6.67. The number of imide groups is 1. The average molecular weight is 468 g/mol. The Balaban J connectivity index is 1.65. The molecular formula is C27H20N2O6. The van der Waals surface area contributed by atoms with Crippen molar-refractivity contribution in [3.8, 4) is 5.75 Å². The minimum absolute atomic E-state index is 0.127. The van der Waals surface area contributed by atoms with E-state index in [1.54, 1.807) is 0 Å². The van der Waals surface area contributed by atoms with Crippen molar-refractivity contribution in [1.29, 1.82) is 0 Å². The van der Waals surface area contributed by atoms with Gasteiger partial charge < -0.3 is 9.53 Å². The highest BCUT2D eigenvalue weighted by Crippen LogP contribution is 2.66. The number of rotatable bonds is 4. The maximum absolute atomic E-state index is 14.1. The van der Waals surface area contributed by atoms with Crippen molar-refractivity contribution in [2.75, 3.05) is 12.0 Å². The number of amides is 2. The van der Waals surface area contributed by atoms with E-state index < -0.39 is 45.1 Å². The molecule has 0 radical (unpaired) electrons. The molecule has 8 heteroatoms. The highest BCUT2D eigenvalue weighted by Gasteiger charge is 2.72. The van der Waals surface area contributed by atoms with Crippen molar-refractivity contribution in [3.05, 3.63) is 99.1 Å². The molecule has 8 nitrogen and oxygen atoms in total. The first-order valence-electron chi connectivity index (χ1n) is 11.2. The summed E-state index contributed by atoms with van der Waals surface area (Å²) in [5, 5.41) is 11.9. The largest absolute Gasteiger partial charge is 0.496 e. The van der Waals surface area contributed by atoms with Crippen LogP contribution in [0.1, 0.15) is 29.2 Å². The van der Waals surface area contributed by atoms with Crippen LogP contribution in [-0.4, -0.2) is 30.1 Å². The van der Waals surface area contributed by atoms with Crippen LogP contribution in [0.5, 0.6) is 5.75 Å². The molecule has 0 spiro atoms. The number of nitro groups is 1. The zero-order chi connectivity index (χ0) is 24.7. The van der Waals surface area contributed by atoms with Gasteiger partial charge in [0, 0.05) is 5.41 Å². The van der Waals surface area contributed by atoms with Crippen molar-refractivity contribution in [2.45, 2.75) is 17.8 Å². The van der Waals surface area contributed by atoms with E-state index in [0.717, 1.165) is 22.3 Å². The number of nitrogens with zero attached hydrogens (tertiary/aromatic N) is 2. The lowest BCUT2D eigenvalue weighted by Gasteiger charge is -2.56. The van der Waals surface area contributed by atoms with E-state index in [-0.39, 0.29) is 11.4 Å². The average Bonchev–Trinajstić information content (AvgIpc) is 3.16. The first-order chi connectivity index (χ1) is 16.8. The summed E-state index contributed by atoms with van der Waals surface area (Å²) >= 11 is 0. The number of ether oxygens (including phenoxy) is 1. The van der Waals surface area contributed by atoms with Crippen LogP contribution in [-0.2, 0) is 25.2 Å². The van der Waals surface area contributed by atoms with Gasteiger partial charge in [0.25, 0.3) is 5.69 Å². The van der Waals surface area contributed by atoms with Gasteiger partial charge >= 0.3 is 0 Å². The third kappa shape index (κ3) is 2.29. The molecule has 1 fully saturated rings. The summed E-state index contributed by atoms with van der Waals surface area (Å²) in [7, 11) is 1.38. The second kappa shape index (κ2) is 6.85. The fourth-order valence-electron chi connectivity index (χ4n) is 6.67. The van der Waals surface area contributed by atoms with Gasteiger partial charge in [-0.1, -0.05) is 55.5 Å². The highest BCUT2D eigenvalue weighted by atomic mass is 16.6. The second-order valence-corrected chi connectivity index (χ2v) is 9.36. The highest BCUT2D eigenvalue weighted by molar-refractivity contribution is 6.26. The van der Waals surface area contributed by atoms with Crippen molar-refractivity contribution in [1.82, 2.24) is 0 Å². The maximum Gasteiger partial charge on any atom is 0.297 e. The number of hydrogen-bond acceptors (Lipinski definition) is 6. The predicted molar refractivity (Wildman–Crippen MR) is 125 cm³/mol. The molecule has 174 valence electrons. The second-order valence-electron chi connectivity index (χ2n) is 9.36. The molecule has 2 amide bonds. The molecule has 1 aliphatic heterocycles. The Kier molecular flexibility index (Phi) is 4.15. The number of methoxy groups -OCH3 is 1. The maximum atomic E-state index is 14.1. The molecule has 1 saturated heterocycles. The summed E-state index contributed by atoms with van der Waals surface area (Å²) in [6.07, 6.45) is 0.776. The number of anilines is 1. The normalized spacial score (nSPS) is 27.8. The van der Waals surface area contributed by atoms with Gasteiger partial charge in [0.05, 0.1) is 35.4 Å². The minimum atomic E-state index is -1.38. The van der Waals surface area contributed by atoms with Crippen LogP contribution in [0.3, 0.4) is 0 Å². The summed E-state index contributed by atoms with van der Waals surface area (Å²) in [5.41, 5.74) is 0.214. The summed E-state index contributed by atoms with van der Waals surface area (Å²) in [5.74, 6) is -2.86. The van der Waals surface area contributed by atoms with Crippen LogP contribution in [0.2, 0.25) is 0 Å². The number of benzene rings is 3. The van der Waals surface area contributed by atoms with Gasteiger partial charge in [-0.25, -0.2) is 4.90 Å². The monoisotopic (exact) mass is 468 g/mol. The number of carbonyl (C=O) groups excluding carboxylic acids is 3. The molecule has 3 aromatic carbocycles. The Morgan fingerprint density at radius 1 is 0.914 bits per heavy atom. The number of aldehydes is 1. The van der Waals surface area contributed by atoms with Crippen molar-refractivity contribution in [3.63, 3.8) is 0 Å². The lowest BCUT2D eigenvalue weighted by Crippen LogP contribution is -2.61. The zero-order valence-corrected chi connectivity index (χ0v) is 18.9. The topological polar surface area (TPSA) is 107 Å². The van der Waals surface area contributed by atoms with E-state index in [4.69, 9.17) is 4.74 Å². The molecule has 2 atom stereocenters. The lowest BCUT2D eigenvalue weighted by molar-refractivity contribution is -0.384. The zero-order valence-electron chi connectivity index (χ0n) is 18.9. The number of carbonyl (C=O) groups is 3. The molecule has 2 bridgehead atoms. The third-order valence-corrected chi connectivity index (χ3v) is 8.09. The summed E-state index contributed by atoms with van der Waals surface area (Å²) < 4.78 is 5.11. The van der Waals surface area contributed by atoms with Gasteiger partial charge in [-0.05, 0) is 34.4 Å². The van der Waals surface area contributed by atoms with Gasteiger partial charge in [-0.2, -0.15) is 0 Å². The van der Waals surface area contributed by atoms with Crippen molar-refractivity contribution in [2.24, 2.45) is 11.8 Å². The summed E-state index contributed by atoms with van der Waals surface area (Å²) in [6.45, 7) is 1.92. The summed E-state index contributed by atoms with van der Waals surface area (Å²) in [4.78, 5) is 53.4. The van der Waals surface area contributed by atoms with Crippen molar-refractivity contribution >= 4 is 29.5 Å². The minimum Gasteiger partial charge on any atom is -0.496 e. The summed E-state index contributed by atoms with van der Waals surface area (Å²) in [6, 6.07) is 18.8. The molecule has 0 aromatic heterocycles. The van der Waals surface area contributed by atoms with Crippen LogP contribution in [0.15, 0.2) is 66.7 Å². The lowest BCUT2D eigenvalue weighted by atomic mass is 9.42. The Labute approximate surface area is 200 Å². The molecule has 7 rings (SSSR count). The SMILES string of the molecule is COc1ccc(N2C(=O)[C@@H]3[C@H](C2=O)C2(C=O)c4ccccc4C3(C)c3ccccc32)c([N+](=O)[O-])c1. The molecule has 35 heavy (non-hydrogen) atoms. The first kappa shape index (κ1) is 21.2. The Morgan fingerprint density at radius 2 is 1.46 bits per heavy atom. The van der Waals surface area contributed by atoms with E-state index >= 15 is 0 Å². The standard InChI is InChI=1S/C27H20N2O6/c1-26-16-7-3-5-9-18(16)27(14-30,19-10-6-4-8-17(19)26)23-22(26)24(31)28(25(23)32)20-12-11-15(35-2)13-21(20)29(33)34/h3-14,22-23H,1-2H3/t22-,23+,26?,27?/m0/s1. The number of nitro benzene ring substituents is 1. The van der Waals surface area contributed by atoms with E-state index in [1.807, 2.05) is 55.5 Å². The molecule has 0 saturated carbocycles. The molecule has 3 aliphatic carbocycles. The van der Waals surface area contributed by atoms with Crippen LogP contribution >= 0.6 is 0 Å². The molecule has 4 aliphatic rings. The number of hydrogen-bond donors (Lipinski definition) is 0. The smallest absolute Gasteiger partial charge is 0.297 e. The van der Waals surface area contributed by atoms with E-state index in [1.165, 1.54) is 25.3 Å². The van der Waals surface area contributed by atoms with Gasteiger partial charge in [0.1, 0.15) is 17.7 Å². The molecule has 0 N–H and O–H groups in total. The Hall–Kier alpha value is -4.33. The van der Waals surface area contributed by atoms with Gasteiger partial charge in [-0.3, -0.25) is 19.7 Å². The molecular weight excluding hydrogens is 448 g/mol. The molecule has 1 heterocycles. The van der Waals surface area contributed by atoms with Gasteiger partial charge in [-0.15, -0.1) is 0 Å². The molecule has 3 aromatic rings. The Morgan fingerprint density at radius 3 is 1.97 bits per heavy atom. The van der Waals surface area contributed by atoms with Crippen molar-refractivity contribution < 1.29 is 24.0 Å². The fraction of sp³-hybridized carbons (Fsp3) is 0.222. The van der Waals surface area contributed by atoms with Crippen LogP contribution in [0.4, 0.5) is 11.4 Å². The van der Waals surface area contributed by atoms with E-state index in [9.17, 15) is 24.5 Å². The van der Waals surface area contributed by atoms with Gasteiger partial charge in [0.2, 0.25) is 11.8 Å². The van der Waals surface area contributed by atoms with Crippen LogP contribution in [0.25, 0.3) is 0 Å². The van der Waals surface area contributed by atoms with Gasteiger partial charge in [0.15, 0.2) is 0 Å². The van der Waals surface area contributed by atoms with E-state index in [0.29, 0.717) is 11.1 Å². The third-order valence-electron chi connectivity index (χ3n) is 8.09. The Bertz CT molecular complexity index is 1430. The molecule has 0 unspecified atom stereocenters. The van der Waals surface area contributed by atoms with E-state index in [2.05, 4.69) is 0 Å². The predicted octanol–water partition coefficient (Wildman–Crippen LogP) is 3.53. The quantitative estimate of drug-likeness (QED) is 0.251. The first-order valence-corrected chi connectivity index (χ1v) is 11.2. The van der Waals surface area contributed by atoms with Crippen LogP contribution in [0, 0.1) is 22.0 Å².